The minimum absolute atomic E-state index is 0.0487. The van der Waals surface area contributed by atoms with Crippen LogP contribution in [0.3, 0.4) is 0 Å². The highest BCUT2D eigenvalue weighted by atomic mass is 35.5. The Morgan fingerprint density at radius 2 is 2.33 bits per heavy atom. The molecule has 3 nitrogen and oxygen atoms in total. The summed E-state index contributed by atoms with van der Waals surface area (Å²) in [6, 6.07) is 2.20. The van der Waals surface area contributed by atoms with Crippen LogP contribution in [0, 0.1) is 5.82 Å². The van der Waals surface area contributed by atoms with Gasteiger partial charge in [-0.1, -0.05) is 0 Å². The topological polar surface area (TPSA) is 37.8 Å². The minimum atomic E-state index is -0.483. The van der Waals surface area contributed by atoms with Crippen molar-refractivity contribution in [2.24, 2.45) is 0 Å². The van der Waals surface area contributed by atoms with Crippen LogP contribution in [0.1, 0.15) is 21.7 Å². The highest BCUT2D eigenvalue weighted by Gasteiger charge is 2.15. The summed E-state index contributed by atoms with van der Waals surface area (Å²) in [5, 5.41) is 3.01. The summed E-state index contributed by atoms with van der Waals surface area (Å²) in [4.78, 5) is 10.1. The van der Waals surface area contributed by atoms with Crippen molar-refractivity contribution < 1.29 is 4.39 Å². The second kappa shape index (κ2) is 4.82. The van der Waals surface area contributed by atoms with Gasteiger partial charge in [0, 0.05) is 9.75 Å². The third-order valence-electron chi connectivity index (χ3n) is 2.94. The summed E-state index contributed by atoms with van der Waals surface area (Å²) in [7, 11) is 0. The molecule has 0 saturated carbocycles. The molecule has 2 aromatic rings. The zero-order chi connectivity index (χ0) is 12.5. The van der Waals surface area contributed by atoms with Crippen LogP contribution in [-0.2, 0) is 19.4 Å². The van der Waals surface area contributed by atoms with Crippen molar-refractivity contribution in [1.29, 1.82) is 0 Å². The van der Waals surface area contributed by atoms with Crippen LogP contribution in [0.15, 0.2) is 12.3 Å². The molecule has 18 heavy (non-hydrogen) atoms. The monoisotopic (exact) mass is 283 g/mol. The van der Waals surface area contributed by atoms with E-state index in [1.165, 1.54) is 34.6 Å². The Balaban J connectivity index is 1.71. The lowest BCUT2D eigenvalue weighted by Crippen LogP contribution is -2.03. The van der Waals surface area contributed by atoms with Crippen molar-refractivity contribution in [2.75, 3.05) is 5.32 Å². The van der Waals surface area contributed by atoms with Gasteiger partial charge in [0.2, 0.25) is 5.28 Å². The zero-order valence-electron chi connectivity index (χ0n) is 9.54. The van der Waals surface area contributed by atoms with Gasteiger partial charge >= 0.3 is 0 Å². The minimum Gasteiger partial charge on any atom is -0.363 e. The Bertz CT molecular complexity index is 563. The van der Waals surface area contributed by atoms with Gasteiger partial charge in [0.1, 0.15) is 0 Å². The molecule has 2 heterocycles. The summed E-state index contributed by atoms with van der Waals surface area (Å²) >= 11 is 7.42. The van der Waals surface area contributed by atoms with E-state index in [0.717, 1.165) is 6.20 Å². The van der Waals surface area contributed by atoms with Crippen molar-refractivity contribution in [2.45, 2.75) is 25.8 Å². The van der Waals surface area contributed by atoms with Crippen molar-refractivity contribution in [3.63, 3.8) is 0 Å². The SMILES string of the molecule is Fc1cnc(Cl)nc1NCc1cc2c(s1)CCC2. The van der Waals surface area contributed by atoms with E-state index in [-0.39, 0.29) is 11.1 Å². The van der Waals surface area contributed by atoms with Gasteiger partial charge in [0.15, 0.2) is 11.6 Å². The highest BCUT2D eigenvalue weighted by molar-refractivity contribution is 7.12. The smallest absolute Gasteiger partial charge is 0.224 e. The third kappa shape index (κ3) is 2.33. The molecule has 0 bridgehead atoms. The first kappa shape index (κ1) is 11.9. The van der Waals surface area contributed by atoms with Crippen molar-refractivity contribution in [3.05, 3.63) is 38.7 Å². The normalized spacial score (nSPS) is 13.7. The predicted molar refractivity (Wildman–Crippen MR) is 70.7 cm³/mol. The van der Waals surface area contributed by atoms with E-state index >= 15 is 0 Å². The number of aromatic nitrogens is 2. The lowest BCUT2D eigenvalue weighted by Gasteiger charge is -2.04. The molecular weight excluding hydrogens is 273 g/mol. The molecule has 0 saturated heterocycles. The number of nitrogens with one attached hydrogen (secondary N) is 1. The molecule has 6 heteroatoms. The van der Waals surface area contributed by atoms with Crippen LogP contribution < -0.4 is 5.32 Å². The summed E-state index contributed by atoms with van der Waals surface area (Å²) in [6.07, 6.45) is 4.67. The Labute approximate surface area is 113 Å². The molecule has 1 aliphatic rings. The molecule has 0 spiro atoms. The quantitative estimate of drug-likeness (QED) is 0.877. The first-order valence-corrected chi connectivity index (χ1v) is 6.94. The number of fused-ring (bicyclic) bond motifs is 1. The van der Waals surface area contributed by atoms with Gasteiger partial charge < -0.3 is 5.32 Å². The lowest BCUT2D eigenvalue weighted by molar-refractivity contribution is 0.616. The Hall–Kier alpha value is -1.20. The lowest BCUT2D eigenvalue weighted by atomic mass is 10.2. The van der Waals surface area contributed by atoms with E-state index in [1.807, 2.05) is 0 Å². The Kier molecular flexibility index (Phi) is 3.18. The fourth-order valence-electron chi connectivity index (χ4n) is 2.12. The maximum absolute atomic E-state index is 13.4. The highest BCUT2D eigenvalue weighted by Crippen LogP contribution is 2.31. The molecule has 0 amide bonds. The number of halogens is 2. The molecule has 94 valence electrons. The number of thiophene rings is 1. The van der Waals surface area contributed by atoms with Gasteiger partial charge in [-0.2, -0.15) is 4.98 Å². The van der Waals surface area contributed by atoms with Crippen LogP contribution in [-0.4, -0.2) is 9.97 Å². The number of nitrogens with zero attached hydrogens (tertiary/aromatic N) is 2. The van der Waals surface area contributed by atoms with Gasteiger partial charge in [-0.15, -0.1) is 11.3 Å². The van der Waals surface area contributed by atoms with Crippen LogP contribution in [0.2, 0.25) is 5.28 Å². The number of aryl methyl sites for hydroxylation is 2. The second-order valence-corrected chi connectivity index (χ2v) is 5.76. The first-order chi connectivity index (χ1) is 8.72. The standard InChI is InChI=1S/C12H11ClFN3S/c13-12-16-6-9(14)11(17-12)15-5-8-4-7-2-1-3-10(7)18-8/h4,6H,1-3,5H2,(H,15,16,17). The van der Waals surface area contributed by atoms with Crippen molar-refractivity contribution in [1.82, 2.24) is 9.97 Å². The fraction of sp³-hybridized carbons (Fsp3) is 0.333. The molecule has 0 radical (unpaired) electrons. The van der Waals surface area contributed by atoms with E-state index in [0.29, 0.717) is 6.54 Å². The largest absolute Gasteiger partial charge is 0.363 e. The third-order valence-corrected chi connectivity index (χ3v) is 4.36. The molecule has 0 aliphatic heterocycles. The van der Waals surface area contributed by atoms with Gasteiger partial charge in [-0.3, -0.25) is 0 Å². The van der Waals surface area contributed by atoms with Gasteiger partial charge in [0.25, 0.3) is 0 Å². The van der Waals surface area contributed by atoms with Crippen molar-refractivity contribution in [3.8, 4) is 0 Å². The van der Waals surface area contributed by atoms with E-state index in [2.05, 4.69) is 21.4 Å². The number of hydrogen-bond donors (Lipinski definition) is 1. The van der Waals surface area contributed by atoms with Crippen LogP contribution in [0.25, 0.3) is 0 Å². The molecule has 1 N–H and O–H groups in total. The second-order valence-electron chi connectivity index (χ2n) is 4.20. The molecule has 0 fully saturated rings. The molecule has 2 aromatic heterocycles. The average molecular weight is 284 g/mol. The summed E-state index contributed by atoms with van der Waals surface area (Å²) < 4.78 is 13.4. The number of hydrogen-bond acceptors (Lipinski definition) is 4. The summed E-state index contributed by atoms with van der Waals surface area (Å²) in [6.45, 7) is 0.571. The molecule has 1 aliphatic carbocycles. The van der Waals surface area contributed by atoms with E-state index in [9.17, 15) is 4.39 Å². The fourth-order valence-corrected chi connectivity index (χ4v) is 3.45. The molecular formula is C12H11ClFN3S. The Morgan fingerprint density at radius 1 is 1.44 bits per heavy atom. The van der Waals surface area contributed by atoms with E-state index in [1.54, 1.807) is 11.3 Å². The van der Waals surface area contributed by atoms with Gasteiger partial charge in [-0.25, -0.2) is 9.37 Å². The van der Waals surface area contributed by atoms with Crippen LogP contribution in [0.5, 0.6) is 0 Å². The first-order valence-electron chi connectivity index (χ1n) is 5.75. The van der Waals surface area contributed by atoms with Gasteiger partial charge in [-0.05, 0) is 42.5 Å². The van der Waals surface area contributed by atoms with Crippen molar-refractivity contribution >= 4 is 28.8 Å². The molecule has 3 rings (SSSR count). The van der Waals surface area contributed by atoms with E-state index in [4.69, 9.17) is 11.6 Å². The summed E-state index contributed by atoms with van der Waals surface area (Å²) in [5.74, 6) is -0.327. The zero-order valence-corrected chi connectivity index (χ0v) is 11.1. The predicted octanol–water partition coefficient (Wildman–Crippen LogP) is 3.43. The van der Waals surface area contributed by atoms with Crippen LogP contribution in [0.4, 0.5) is 10.2 Å². The van der Waals surface area contributed by atoms with Crippen LogP contribution >= 0.6 is 22.9 Å². The van der Waals surface area contributed by atoms with E-state index < -0.39 is 5.82 Å². The molecule has 0 aromatic carbocycles. The maximum Gasteiger partial charge on any atom is 0.224 e. The number of rotatable bonds is 3. The Morgan fingerprint density at radius 3 is 3.17 bits per heavy atom. The average Bonchev–Trinajstić information content (AvgIpc) is 2.90. The number of anilines is 1. The van der Waals surface area contributed by atoms with Gasteiger partial charge in [0.05, 0.1) is 12.7 Å². The molecule has 0 unspecified atom stereocenters. The summed E-state index contributed by atoms with van der Waals surface area (Å²) in [5.41, 5.74) is 1.44. The molecule has 0 atom stereocenters. The maximum atomic E-state index is 13.4.